The molecule has 2 aromatic heterocycles. The van der Waals surface area contributed by atoms with Crippen molar-refractivity contribution in [3.63, 3.8) is 0 Å². The number of fused-ring (bicyclic) bond motifs is 2. The van der Waals surface area contributed by atoms with Crippen LogP contribution in [0.4, 0.5) is 17.6 Å². The third kappa shape index (κ3) is 4.91. The SMILES string of the molecule is COc1cc(C(=O)NC[C@](O)(c2cc3c(c(-c4ccc(F)cc4)n2)OC[C@]3(C)C(N)=O)C(F)(F)F)cc2cn(C3(O)CC3)nc12. The number of carbonyl (C=O) groups excluding carboxylic acids is 2. The summed E-state index contributed by atoms with van der Waals surface area (Å²) in [4.78, 5) is 29.7. The van der Waals surface area contributed by atoms with Gasteiger partial charge in [-0.25, -0.2) is 14.1 Å². The van der Waals surface area contributed by atoms with Crippen LogP contribution >= 0.6 is 0 Å². The number of primary amides is 1. The zero-order valence-corrected chi connectivity index (χ0v) is 23.9. The predicted molar refractivity (Wildman–Crippen MR) is 150 cm³/mol. The molecule has 11 nitrogen and oxygen atoms in total. The lowest BCUT2D eigenvalue weighted by Gasteiger charge is -2.31. The highest BCUT2D eigenvalue weighted by molar-refractivity contribution is 6.00. The van der Waals surface area contributed by atoms with E-state index in [2.05, 4.69) is 15.4 Å². The molecule has 15 heteroatoms. The van der Waals surface area contributed by atoms with Crippen LogP contribution in [0.1, 0.15) is 41.4 Å². The van der Waals surface area contributed by atoms with E-state index in [4.69, 9.17) is 15.2 Å². The Hall–Kier alpha value is -4.76. The average molecular weight is 630 g/mol. The number of rotatable bonds is 8. The van der Waals surface area contributed by atoms with Gasteiger partial charge >= 0.3 is 6.18 Å². The molecule has 45 heavy (non-hydrogen) atoms. The lowest BCUT2D eigenvalue weighted by molar-refractivity contribution is -0.265. The number of aliphatic hydroxyl groups is 2. The van der Waals surface area contributed by atoms with Crippen molar-refractivity contribution in [3.05, 3.63) is 71.3 Å². The van der Waals surface area contributed by atoms with Gasteiger partial charge in [0.15, 0.2) is 5.72 Å². The summed E-state index contributed by atoms with van der Waals surface area (Å²) in [6.07, 6.45) is -2.92. The van der Waals surface area contributed by atoms with E-state index in [1.165, 1.54) is 49.2 Å². The van der Waals surface area contributed by atoms with Crippen molar-refractivity contribution < 1.29 is 46.8 Å². The van der Waals surface area contributed by atoms with Crippen LogP contribution in [0.5, 0.6) is 11.5 Å². The molecule has 1 fully saturated rings. The zero-order chi connectivity index (χ0) is 32.5. The van der Waals surface area contributed by atoms with E-state index in [9.17, 15) is 37.4 Å². The van der Waals surface area contributed by atoms with Gasteiger partial charge in [0.05, 0.1) is 19.3 Å². The molecule has 0 saturated heterocycles. The van der Waals surface area contributed by atoms with E-state index in [0.717, 1.165) is 18.2 Å². The summed E-state index contributed by atoms with van der Waals surface area (Å²) in [6.45, 7) is -0.310. The van der Waals surface area contributed by atoms with Gasteiger partial charge in [-0.3, -0.25) is 9.59 Å². The molecular weight excluding hydrogens is 602 g/mol. The number of pyridine rings is 1. The number of hydrogen-bond donors (Lipinski definition) is 4. The minimum Gasteiger partial charge on any atom is -0.494 e. The number of benzene rings is 2. The molecule has 0 bridgehead atoms. The Morgan fingerprint density at radius 3 is 2.47 bits per heavy atom. The van der Waals surface area contributed by atoms with Crippen LogP contribution in [0, 0.1) is 5.82 Å². The summed E-state index contributed by atoms with van der Waals surface area (Å²) in [6, 6.07) is 8.16. The van der Waals surface area contributed by atoms with Gasteiger partial charge in [0.2, 0.25) is 11.5 Å². The van der Waals surface area contributed by atoms with Gasteiger partial charge in [-0.15, -0.1) is 0 Å². The molecular formula is C30H27F4N5O6. The van der Waals surface area contributed by atoms with E-state index in [-0.39, 0.29) is 40.5 Å². The van der Waals surface area contributed by atoms with Crippen molar-refractivity contribution in [3.8, 4) is 22.8 Å². The molecule has 2 aromatic carbocycles. The predicted octanol–water partition coefficient (Wildman–Crippen LogP) is 3.00. The highest BCUT2D eigenvalue weighted by atomic mass is 19.4. The van der Waals surface area contributed by atoms with Gasteiger partial charge in [-0.1, -0.05) is 0 Å². The maximum Gasteiger partial charge on any atom is 0.424 e. The molecule has 6 rings (SSSR count). The third-order valence-corrected chi connectivity index (χ3v) is 8.31. The van der Waals surface area contributed by atoms with Crippen molar-refractivity contribution in [2.75, 3.05) is 20.3 Å². The normalized spacial score (nSPS) is 19.8. The van der Waals surface area contributed by atoms with Crippen molar-refractivity contribution in [1.29, 1.82) is 0 Å². The largest absolute Gasteiger partial charge is 0.494 e. The second-order valence-corrected chi connectivity index (χ2v) is 11.4. The number of nitrogens with one attached hydrogen (secondary N) is 1. The fourth-order valence-corrected chi connectivity index (χ4v) is 5.19. The molecule has 2 atom stereocenters. The topological polar surface area (TPSA) is 162 Å². The molecule has 1 saturated carbocycles. The maximum atomic E-state index is 14.7. The Bertz CT molecular complexity index is 1860. The fraction of sp³-hybridized carbons (Fsp3) is 0.333. The van der Waals surface area contributed by atoms with E-state index in [1.54, 1.807) is 0 Å². The summed E-state index contributed by atoms with van der Waals surface area (Å²) in [5.41, 5.74) is -1.72. The number of hydrogen-bond acceptors (Lipinski definition) is 8. The van der Waals surface area contributed by atoms with Crippen LogP contribution in [-0.4, -0.2) is 63.2 Å². The van der Waals surface area contributed by atoms with Crippen molar-refractivity contribution in [2.24, 2.45) is 5.73 Å². The molecule has 2 amide bonds. The summed E-state index contributed by atoms with van der Waals surface area (Å²) < 4.78 is 70.1. The minimum absolute atomic E-state index is 0.0444. The van der Waals surface area contributed by atoms with Crippen LogP contribution < -0.4 is 20.5 Å². The first-order valence-corrected chi connectivity index (χ1v) is 13.7. The highest BCUT2D eigenvalue weighted by Crippen LogP contribution is 2.48. The first-order chi connectivity index (χ1) is 21.1. The zero-order valence-electron chi connectivity index (χ0n) is 23.9. The molecule has 0 spiro atoms. The van der Waals surface area contributed by atoms with Gasteiger partial charge in [-0.2, -0.15) is 18.3 Å². The Morgan fingerprint density at radius 2 is 1.87 bits per heavy atom. The minimum atomic E-state index is -5.38. The molecule has 1 aliphatic heterocycles. The number of nitrogens with two attached hydrogens (primary N) is 1. The Labute approximate surface area is 252 Å². The lowest BCUT2D eigenvalue weighted by atomic mass is 9.81. The number of nitrogens with zero attached hydrogens (tertiary/aromatic N) is 3. The van der Waals surface area contributed by atoms with Gasteiger partial charge in [0.1, 0.15) is 40.5 Å². The van der Waals surface area contributed by atoms with Gasteiger partial charge in [0.25, 0.3) is 5.91 Å². The summed E-state index contributed by atoms with van der Waals surface area (Å²) in [7, 11) is 1.32. The fourth-order valence-electron chi connectivity index (χ4n) is 5.19. The highest BCUT2D eigenvalue weighted by Gasteiger charge is 2.57. The Kier molecular flexibility index (Phi) is 6.82. The van der Waals surface area contributed by atoms with E-state index in [0.29, 0.717) is 23.7 Å². The van der Waals surface area contributed by atoms with Crippen LogP contribution in [0.2, 0.25) is 0 Å². The quantitative estimate of drug-likeness (QED) is 0.216. The first kappa shape index (κ1) is 30.3. The summed E-state index contributed by atoms with van der Waals surface area (Å²) >= 11 is 0. The third-order valence-electron chi connectivity index (χ3n) is 8.31. The van der Waals surface area contributed by atoms with E-state index >= 15 is 0 Å². The molecule has 4 aromatic rings. The van der Waals surface area contributed by atoms with Crippen molar-refractivity contribution in [2.45, 2.75) is 42.7 Å². The van der Waals surface area contributed by atoms with Crippen LogP contribution in [0.15, 0.2) is 48.7 Å². The van der Waals surface area contributed by atoms with Crippen LogP contribution in [0.3, 0.4) is 0 Å². The number of halogens is 4. The second-order valence-electron chi connectivity index (χ2n) is 11.4. The van der Waals surface area contributed by atoms with Gasteiger partial charge in [0, 0.05) is 41.1 Å². The molecule has 1 aliphatic carbocycles. The van der Waals surface area contributed by atoms with E-state index < -0.39 is 52.8 Å². The number of alkyl halides is 3. The number of carbonyl (C=O) groups is 2. The van der Waals surface area contributed by atoms with Crippen molar-refractivity contribution >= 4 is 22.7 Å². The molecule has 3 heterocycles. The Morgan fingerprint density at radius 1 is 1.18 bits per heavy atom. The maximum absolute atomic E-state index is 14.7. The smallest absolute Gasteiger partial charge is 0.424 e. The number of methoxy groups -OCH3 is 1. The van der Waals surface area contributed by atoms with E-state index in [1.807, 2.05) is 0 Å². The van der Waals surface area contributed by atoms with Gasteiger partial charge < -0.3 is 30.7 Å². The number of aromatic nitrogens is 3. The average Bonchev–Trinajstić information content (AvgIpc) is 3.43. The summed E-state index contributed by atoms with van der Waals surface area (Å²) in [5.74, 6) is -2.40. The Balaban J connectivity index is 1.39. The molecule has 0 radical (unpaired) electrons. The molecule has 0 unspecified atom stereocenters. The second kappa shape index (κ2) is 10.1. The number of amides is 2. The molecule has 5 N–H and O–H groups in total. The van der Waals surface area contributed by atoms with Crippen molar-refractivity contribution in [1.82, 2.24) is 20.1 Å². The lowest BCUT2D eigenvalue weighted by Crippen LogP contribution is -2.51. The monoisotopic (exact) mass is 629 g/mol. The molecule has 2 aliphatic rings. The molecule has 236 valence electrons. The number of ether oxygens (including phenoxy) is 2. The standard InChI is InChI=1S/C30H27F4N5O6/c1-27(26(35)41)14-45-24-19(27)11-21(37-23(24)15-3-5-18(31)6-4-15)29(43,30(32,33)34)13-36-25(40)16-9-17-12-39(28(42)7-8-28)38-22(17)20(10-16)44-2/h3-6,9-12,42-43H,7-8,13-14H2,1-2H3,(H2,35,41)(H,36,40)/t27-,29-/m0/s1. The van der Waals surface area contributed by atoms with Crippen LogP contribution in [-0.2, 0) is 21.5 Å². The van der Waals surface area contributed by atoms with Crippen LogP contribution in [0.25, 0.3) is 22.2 Å². The first-order valence-electron chi connectivity index (χ1n) is 13.7. The van der Waals surface area contributed by atoms with Gasteiger partial charge in [-0.05, 0) is 49.4 Å². The summed E-state index contributed by atoms with van der Waals surface area (Å²) in [5, 5.41) is 28.5.